The summed E-state index contributed by atoms with van der Waals surface area (Å²) in [6.07, 6.45) is 5.10. The smallest absolute Gasteiger partial charge is 0.257 e. The monoisotopic (exact) mass is 456 g/mol. The number of methoxy groups -OCH3 is 1. The first-order valence-electron chi connectivity index (χ1n) is 10.1. The molecule has 2 heterocycles. The lowest BCUT2D eigenvalue weighted by atomic mass is 10.1. The zero-order valence-electron chi connectivity index (χ0n) is 17.6. The summed E-state index contributed by atoms with van der Waals surface area (Å²) in [5.74, 6) is 0.0403. The quantitative estimate of drug-likeness (QED) is 0.582. The van der Waals surface area contributed by atoms with Crippen molar-refractivity contribution in [1.29, 1.82) is 0 Å². The van der Waals surface area contributed by atoms with Gasteiger partial charge in [0.1, 0.15) is 5.75 Å². The first kappa shape index (κ1) is 22.0. The molecular weight excluding hydrogens is 432 g/mol. The molecule has 0 bridgehead atoms. The Hall–Kier alpha value is -3.21. The van der Waals surface area contributed by atoms with Gasteiger partial charge in [-0.2, -0.15) is 0 Å². The number of carbonyl (C=O) groups excluding carboxylic acids is 1. The largest absolute Gasteiger partial charge is 0.496 e. The second-order valence-corrected chi connectivity index (χ2v) is 8.96. The van der Waals surface area contributed by atoms with Gasteiger partial charge in [0.25, 0.3) is 5.91 Å². The van der Waals surface area contributed by atoms with E-state index in [9.17, 15) is 13.2 Å². The maximum Gasteiger partial charge on any atom is 0.257 e. The Labute approximate surface area is 186 Å². The van der Waals surface area contributed by atoms with E-state index in [0.717, 1.165) is 11.3 Å². The molecule has 4 rings (SSSR count). The number of hydrogen-bond donors (Lipinski definition) is 1. The molecule has 1 aromatic heterocycles. The van der Waals surface area contributed by atoms with Crippen molar-refractivity contribution in [3.05, 3.63) is 72.3 Å². The molecule has 1 fully saturated rings. The molecule has 0 spiro atoms. The summed E-state index contributed by atoms with van der Waals surface area (Å²) in [6, 6.07) is 11.7. The van der Waals surface area contributed by atoms with Crippen LogP contribution < -0.4 is 9.46 Å². The van der Waals surface area contributed by atoms with Crippen molar-refractivity contribution >= 4 is 15.9 Å². The van der Waals surface area contributed by atoms with Crippen molar-refractivity contribution in [2.45, 2.75) is 11.4 Å². The highest BCUT2D eigenvalue weighted by Gasteiger charge is 2.24. The number of sulfonamides is 1. The van der Waals surface area contributed by atoms with Gasteiger partial charge < -0.3 is 18.9 Å². The molecule has 3 aromatic rings. The molecular formula is C22H24N4O5S. The average Bonchev–Trinajstić information content (AvgIpc) is 3.37. The minimum Gasteiger partial charge on any atom is -0.496 e. The summed E-state index contributed by atoms with van der Waals surface area (Å²) in [4.78, 5) is 18.7. The molecule has 32 heavy (non-hydrogen) atoms. The fraction of sp³-hybridized carbons (Fsp3) is 0.273. The molecule has 0 unspecified atom stereocenters. The predicted molar refractivity (Wildman–Crippen MR) is 117 cm³/mol. The molecule has 10 heteroatoms. The van der Waals surface area contributed by atoms with Crippen LogP contribution in [0.15, 0.2) is 66.1 Å². The van der Waals surface area contributed by atoms with E-state index in [1.54, 1.807) is 23.6 Å². The Morgan fingerprint density at radius 2 is 1.97 bits per heavy atom. The topological polar surface area (TPSA) is 103 Å². The molecule has 0 aliphatic carbocycles. The van der Waals surface area contributed by atoms with Gasteiger partial charge in [0.15, 0.2) is 0 Å². The predicted octanol–water partition coefficient (Wildman–Crippen LogP) is 1.83. The van der Waals surface area contributed by atoms with Crippen LogP contribution in [0.4, 0.5) is 0 Å². The van der Waals surface area contributed by atoms with Crippen molar-refractivity contribution < 1.29 is 22.7 Å². The van der Waals surface area contributed by atoms with Gasteiger partial charge in [-0.3, -0.25) is 4.79 Å². The van der Waals surface area contributed by atoms with Gasteiger partial charge in [-0.25, -0.2) is 18.1 Å². The third kappa shape index (κ3) is 4.67. The van der Waals surface area contributed by atoms with Crippen LogP contribution in [-0.2, 0) is 21.3 Å². The van der Waals surface area contributed by atoms with Crippen LogP contribution in [0.3, 0.4) is 0 Å². The lowest BCUT2D eigenvalue weighted by molar-refractivity contribution is 0.0300. The van der Waals surface area contributed by atoms with E-state index < -0.39 is 10.0 Å². The Bertz CT molecular complexity index is 1190. The Morgan fingerprint density at radius 1 is 1.19 bits per heavy atom. The molecule has 1 amide bonds. The third-order valence-corrected chi connectivity index (χ3v) is 6.64. The van der Waals surface area contributed by atoms with Crippen molar-refractivity contribution in [1.82, 2.24) is 19.2 Å². The highest BCUT2D eigenvalue weighted by molar-refractivity contribution is 7.89. The fourth-order valence-corrected chi connectivity index (χ4v) is 4.56. The maximum atomic E-state index is 13.0. The second kappa shape index (κ2) is 9.51. The minimum absolute atomic E-state index is 0.00461. The number of rotatable bonds is 7. The third-order valence-electron chi connectivity index (χ3n) is 5.24. The van der Waals surface area contributed by atoms with Crippen LogP contribution >= 0.6 is 0 Å². The Morgan fingerprint density at radius 3 is 2.69 bits per heavy atom. The average molecular weight is 457 g/mol. The number of aromatic nitrogens is 2. The maximum absolute atomic E-state index is 13.0. The first-order valence-corrected chi connectivity index (χ1v) is 11.6. The molecule has 2 aromatic carbocycles. The van der Waals surface area contributed by atoms with E-state index >= 15 is 0 Å². The number of carbonyl (C=O) groups is 1. The second-order valence-electron chi connectivity index (χ2n) is 7.19. The van der Waals surface area contributed by atoms with E-state index in [1.807, 2.05) is 28.8 Å². The number of imidazole rings is 1. The summed E-state index contributed by atoms with van der Waals surface area (Å²) < 4.78 is 41.1. The van der Waals surface area contributed by atoms with Crippen LogP contribution in [0.1, 0.15) is 15.9 Å². The molecule has 1 N–H and O–H groups in total. The van der Waals surface area contributed by atoms with Crippen LogP contribution in [0, 0.1) is 0 Å². The zero-order chi connectivity index (χ0) is 22.6. The van der Waals surface area contributed by atoms with Crippen molar-refractivity contribution in [2.75, 3.05) is 33.4 Å². The molecule has 0 saturated carbocycles. The lowest BCUT2D eigenvalue weighted by Crippen LogP contribution is -2.40. The molecule has 0 atom stereocenters. The molecule has 0 radical (unpaired) electrons. The van der Waals surface area contributed by atoms with Crippen LogP contribution in [0.5, 0.6) is 5.75 Å². The van der Waals surface area contributed by atoms with Gasteiger partial charge in [0, 0.05) is 32.0 Å². The van der Waals surface area contributed by atoms with Crippen molar-refractivity contribution in [3.63, 3.8) is 0 Å². The van der Waals surface area contributed by atoms with Crippen molar-refractivity contribution in [3.8, 4) is 11.4 Å². The summed E-state index contributed by atoms with van der Waals surface area (Å²) in [5.41, 5.74) is 1.81. The number of para-hydroxylation sites is 1. The molecule has 1 aliphatic rings. The Kier molecular flexibility index (Phi) is 6.54. The van der Waals surface area contributed by atoms with Gasteiger partial charge >= 0.3 is 0 Å². The van der Waals surface area contributed by atoms with E-state index in [4.69, 9.17) is 9.47 Å². The number of ether oxygens (including phenoxy) is 2. The molecule has 1 aliphatic heterocycles. The summed E-state index contributed by atoms with van der Waals surface area (Å²) in [7, 11) is -2.43. The minimum atomic E-state index is -3.88. The van der Waals surface area contributed by atoms with Gasteiger partial charge in [-0.15, -0.1) is 0 Å². The van der Waals surface area contributed by atoms with E-state index in [2.05, 4.69) is 9.71 Å². The lowest BCUT2D eigenvalue weighted by Gasteiger charge is -2.27. The van der Waals surface area contributed by atoms with Crippen LogP contribution in [-0.4, -0.2) is 62.2 Å². The van der Waals surface area contributed by atoms with Gasteiger partial charge in [-0.05, 0) is 29.8 Å². The van der Waals surface area contributed by atoms with Gasteiger partial charge in [0.2, 0.25) is 10.0 Å². The standard InChI is InChI=1S/C22H24N4O5S/c1-30-21-7-6-18(14-19(21)22(27)25-10-12-31-13-11-25)32(28,29)24-15-17-4-2-3-5-20(17)26-9-8-23-16-26/h2-9,14,16,24H,10-13,15H2,1H3. The van der Waals surface area contributed by atoms with E-state index in [1.165, 1.54) is 25.3 Å². The number of benzene rings is 2. The van der Waals surface area contributed by atoms with Crippen LogP contribution in [0.25, 0.3) is 5.69 Å². The highest BCUT2D eigenvalue weighted by Crippen LogP contribution is 2.25. The molecule has 168 valence electrons. The van der Waals surface area contributed by atoms with E-state index in [0.29, 0.717) is 32.1 Å². The van der Waals surface area contributed by atoms with Crippen molar-refractivity contribution in [2.24, 2.45) is 0 Å². The number of hydrogen-bond acceptors (Lipinski definition) is 6. The highest BCUT2D eigenvalue weighted by atomic mass is 32.2. The number of amides is 1. The molecule has 1 saturated heterocycles. The van der Waals surface area contributed by atoms with Gasteiger partial charge in [-0.1, -0.05) is 18.2 Å². The normalized spacial score (nSPS) is 14.3. The molecule has 9 nitrogen and oxygen atoms in total. The SMILES string of the molecule is COc1ccc(S(=O)(=O)NCc2ccccc2-n2ccnc2)cc1C(=O)N1CCOCC1. The summed E-state index contributed by atoms with van der Waals surface area (Å²) in [6.45, 7) is 1.87. The van der Waals surface area contributed by atoms with E-state index in [-0.39, 0.29) is 22.9 Å². The summed E-state index contributed by atoms with van der Waals surface area (Å²) in [5, 5.41) is 0. The summed E-state index contributed by atoms with van der Waals surface area (Å²) >= 11 is 0. The van der Waals surface area contributed by atoms with Gasteiger partial charge in [0.05, 0.1) is 42.8 Å². The fourth-order valence-electron chi connectivity index (χ4n) is 3.53. The number of nitrogens with one attached hydrogen (secondary N) is 1. The number of morpholine rings is 1. The Balaban J connectivity index is 1.58. The number of nitrogens with zero attached hydrogens (tertiary/aromatic N) is 3. The first-order chi connectivity index (χ1) is 15.5. The van der Waals surface area contributed by atoms with Crippen LogP contribution in [0.2, 0.25) is 0 Å². The zero-order valence-corrected chi connectivity index (χ0v) is 18.4.